The van der Waals surface area contributed by atoms with Crippen molar-refractivity contribution in [3.63, 3.8) is 0 Å². The van der Waals surface area contributed by atoms with Gasteiger partial charge in [0.15, 0.2) is 0 Å². The molecule has 0 spiro atoms. The third-order valence-electron chi connectivity index (χ3n) is 5.37. The second-order valence-electron chi connectivity index (χ2n) is 7.38. The normalized spacial score (nSPS) is 16.1. The van der Waals surface area contributed by atoms with E-state index in [4.69, 9.17) is 21.1 Å². The van der Waals surface area contributed by atoms with Gasteiger partial charge in [0, 0.05) is 35.5 Å². The molecule has 0 unspecified atom stereocenters. The highest BCUT2D eigenvalue weighted by molar-refractivity contribution is 6.35. The minimum absolute atomic E-state index is 0.0316. The van der Waals surface area contributed by atoms with Gasteiger partial charge in [-0.15, -0.1) is 0 Å². The zero-order chi connectivity index (χ0) is 22.8. The number of carbonyl (C=O) groups excluding carboxylic acids is 1. The van der Waals surface area contributed by atoms with Gasteiger partial charge < -0.3 is 19.7 Å². The summed E-state index contributed by atoms with van der Waals surface area (Å²) in [5.41, 5.74) is 1.46. The molecule has 1 fully saturated rings. The number of nitrogens with zero attached hydrogens (tertiary/aromatic N) is 3. The van der Waals surface area contributed by atoms with Crippen LogP contribution in [-0.2, 0) is 9.47 Å². The van der Waals surface area contributed by atoms with Crippen molar-refractivity contribution in [1.29, 1.82) is 0 Å². The molecule has 1 N–H and O–H groups in total. The van der Waals surface area contributed by atoms with Crippen molar-refractivity contribution >= 4 is 51.2 Å². The summed E-state index contributed by atoms with van der Waals surface area (Å²) in [5.74, 6) is -0.787. The van der Waals surface area contributed by atoms with E-state index in [1.165, 1.54) is 13.2 Å². The highest BCUT2D eigenvalue weighted by Gasteiger charge is 2.30. The predicted octanol–water partition coefficient (Wildman–Crippen LogP) is 4.55. The average Bonchev–Trinajstić information content (AvgIpc) is 2.79. The molecule has 1 saturated heterocycles. The van der Waals surface area contributed by atoms with E-state index < -0.39 is 10.9 Å². The zero-order valence-electron chi connectivity index (χ0n) is 17.5. The lowest BCUT2D eigenvalue weighted by Gasteiger charge is -2.35. The maximum Gasteiger partial charge on any atom is 0.345 e. The van der Waals surface area contributed by atoms with Gasteiger partial charge in [0.2, 0.25) is 0 Å². The number of pyridine rings is 1. The third-order valence-corrected chi connectivity index (χ3v) is 5.68. The lowest BCUT2D eigenvalue weighted by Crippen LogP contribution is -2.43. The van der Waals surface area contributed by atoms with Gasteiger partial charge in [-0.1, -0.05) is 23.7 Å². The van der Waals surface area contributed by atoms with Crippen LogP contribution in [0.1, 0.15) is 17.3 Å². The van der Waals surface area contributed by atoms with Crippen LogP contribution in [0.2, 0.25) is 5.02 Å². The van der Waals surface area contributed by atoms with Crippen LogP contribution >= 0.6 is 11.6 Å². The summed E-state index contributed by atoms with van der Waals surface area (Å²) in [5, 5.41) is 16.3. The number of halogens is 1. The molecule has 2 aromatic carbocycles. The molecule has 4 rings (SSSR count). The summed E-state index contributed by atoms with van der Waals surface area (Å²) in [4.78, 5) is 30.3. The van der Waals surface area contributed by atoms with E-state index in [2.05, 4.69) is 10.3 Å². The number of rotatable bonds is 5. The van der Waals surface area contributed by atoms with Gasteiger partial charge in [-0.05, 0) is 31.2 Å². The molecular formula is C22H21ClN4O5. The number of ether oxygens (including phenoxy) is 2. The van der Waals surface area contributed by atoms with E-state index in [0.29, 0.717) is 47.1 Å². The lowest BCUT2D eigenvalue weighted by molar-refractivity contribution is -0.384. The fraction of sp³-hybridized carbons (Fsp3) is 0.273. The molecule has 1 aromatic heterocycles. The first kappa shape index (κ1) is 21.8. The van der Waals surface area contributed by atoms with Gasteiger partial charge in [0.1, 0.15) is 11.3 Å². The summed E-state index contributed by atoms with van der Waals surface area (Å²) in [6.45, 7) is 3.61. The van der Waals surface area contributed by atoms with Gasteiger partial charge >= 0.3 is 11.7 Å². The second-order valence-corrected chi connectivity index (χ2v) is 7.78. The van der Waals surface area contributed by atoms with E-state index in [0.717, 1.165) is 0 Å². The Bertz CT molecular complexity index is 1200. The molecule has 0 radical (unpaired) electrons. The average molecular weight is 457 g/mol. The minimum Gasteiger partial charge on any atom is -0.465 e. The summed E-state index contributed by atoms with van der Waals surface area (Å²) >= 11 is 6.26. The van der Waals surface area contributed by atoms with Gasteiger partial charge in [0.25, 0.3) is 0 Å². The molecule has 9 nitrogen and oxygen atoms in total. The highest BCUT2D eigenvalue weighted by atomic mass is 35.5. The Morgan fingerprint density at radius 3 is 2.88 bits per heavy atom. The second kappa shape index (κ2) is 8.97. The fourth-order valence-corrected chi connectivity index (χ4v) is 4.07. The smallest absolute Gasteiger partial charge is 0.345 e. The first-order valence-electron chi connectivity index (χ1n) is 9.96. The summed E-state index contributed by atoms with van der Waals surface area (Å²) in [6, 6.07) is 10.2. The Morgan fingerprint density at radius 1 is 1.34 bits per heavy atom. The quantitative estimate of drug-likeness (QED) is 0.338. The number of morpholine rings is 1. The van der Waals surface area contributed by atoms with Crippen LogP contribution in [0.5, 0.6) is 0 Å². The predicted molar refractivity (Wildman–Crippen MR) is 122 cm³/mol. The summed E-state index contributed by atoms with van der Waals surface area (Å²) < 4.78 is 10.3. The van der Waals surface area contributed by atoms with Gasteiger partial charge in [-0.2, -0.15) is 0 Å². The zero-order valence-corrected chi connectivity index (χ0v) is 18.3. The molecule has 0 amide bonds. The molecular weight excluding hydrogens is 436 g/mol. The molecule has 1 aliphatic rings. The first-order chi connectivity index (χ1) is 15.4. The fourth-order valence-electron chi connectivity index (χ4n) is 3.85. The van der Waals surface area contributed by atoms with Crippen molar-refractivity contribution in [1.82, 2.24) is 4.98 Å². The SMILES string of the molecule is COC(=O)c1cc(N2CCOC[C@@H]2C)cc(Nc2ccnc3c(Cl)cccc23)c1[N+](=O)[O-]. The van der Waals surface area contributed by atoms with Crippen molar-refractivity contribution < 1.29 is 19.2 Å². The number of carbonyl (C=O) groups is 1. The minimum atomic E-state index is -0.787. The molecule has 10 heteroatoms. The Hall–Kier alpha value is -3.43. The molecule has 0 saturated carbocycles. The van der Waals surface area contributed by atoms with Crippen LogP contribution in [0, 0.1) is 10.1 Å². The molecule has 3 aromatic rings. The number of nitro benzene ring substituents is 1. The van der Waals surface area contributed by atoms with Crippen LogP contribution in [0.3, 0.4) is 0 Å². The van der Waals surface area contributed by atoms with Gasteiger partial charge in [-0.25, -0.2) is 4.79 Å². The molecule has 0 aliphatic carbocycles. The number of nitrogens with one attached hydrogen (secondary N) is 1. The number of aromatic nitrogens is 1. The monoisotopic (exact) mass is 456 g/mol. The number of anilines is 3. The van der Waals surface area contributed by atoms with Gasteiger partial charge in [-0.3, -0.25) is 15.1 Å². The number of nitro groups is 1. The van der Waals surface area contributed by atoms with Crippen LogP contribution in [0.25, 0.3) is 10.9 Å². The van der Waals surface area contributed by atoms with E-state index >= 15 is 0 Å². The number of para-hydroxylation sites is 1. The number of hydrogen-bond donors (Lipinski definition) is 1. The number of hydrogen-bond acceptors (Lipinski definition) is 8. The molecule has 1 aliphatic heterocycles. The van der Waals surface area contributed by atoms with Crippen LogP contribution in [0.4, 0.5) is 22.7 Å². The Morgan fingerprint density at radius 2 is 2.16 bits per heavy atom. The number of esters is 1. The van der Waals surface area contributed by atoms with Crippen molar-refractivity contribution in [2.45, 2.75) is 13.0 Å². The van der Waals surface area contributed by atoms with E-state index in [1.807, 2.05) is 17.9 Å². The van der Waals surface area contributed by atoms with Crippen molar-refractivity contribution in [3.05, 3.63) is 63.3 Å². The number of fused-ring (bicyclic) bond motifs is 1. The first-order valence-corrected chi connectivity index (χ1v) is 10.3. The maximum atomic E-state index is 12.5. The Kier molecular flexibility index (Phi) is 6.11. The third kappa shape index (κ3) is 4.04. The van der Waals surface area contributed by atoms with Crippen LogP contribution in [0.15, 0.2) is 42.6 Å². The largest absolute Gasteiger partial charge is 0.465 e. The Labute approximate surface area is 189 Å². The van der Waals surface area contributed by atoms with Crippen molar-refractivity contribution in [3.8, 4) is 0 Å². The van der Waals surface area contributed by atoms with E-state index in [-0.39, 0.29) is 23.0 Å². The number of methoxy groups -OCH3 is 1. The molecule has 2 heterocycles. The van der Waals surface area contributed by atoms with Crippen molar-refractivity contribution in [2.24, 2.45) is 0 Å². The number of benzene rings is 2. The van der Waals surface area contributed by atoms with Crippen LogP contribution in [-0.4, -0.2) is 48.8 Å². The molecule has 166 valence electrons. The maximum absolute atomic E-state index is 12.5. The van der Waals surface area contributed by atoms with Crippen molar-refractivity contribution in [2.75, 3.05) is 37.1 Å². The molecule has 0 bridgehead atoms. The Balaban J connectivity index is 1.90. The van der Waals surface area contributed by atoms with E-state index in [9.17, 15) is 14.9 Å². The summed E-state index contributed by atoms with van der Waals surface area (Å²) in [7, 11) is 1.20. The van der Waals surface area contributed by atoms with Gasteiger partial charge in [0.05, 0.1) is 35.8 Å². The lowest BCUT2D eigenvalue weighted by atomic mass is 10.1. The van der Waals surface area contributed by atoms with E-state index in [1.54, 1.807) is 30.5 Å². The molecule has 1 atom stereocenters. The standard InChI is InChI=1S/C22H21ClN4O5/c1-13-12-32-9-8-26(13)14-10-16(22(28)31-2)21(27(29)30)19(11-14)25-18-6-7-24-20-15(18)4-3-5-17(20)23/h3-7,10-11,13H,8-9,12H2,1-2H3,(H,24,25)/t13-/m0/s1. The topological polar surface area (TPSA) is 107 Å². The molecule has 32 heavy (non-hydrogen) atoms. The highest BCUT2D eigenvalue weighted by Crippen LogP contribution is 2.39. The summed E-state index contributed by atoms with van der Waals surface area (Å²) in [6.07, 6.45) is 1.57. The van der Waals surface area contributed by atoms with Crippen LogP contribution < -0.4 is 10.2 Å².